The Bertz CT molecular complexity index is 1350. The monoisotopic (exact) mass is 625 g/mol. The molecule has 240 valence electrons. The second kappa shape index (κ2) is 12.7. The van der Waals surface area contributed by atoms with Crippen LogP contribution in [0.25, 0.3) is 0 Å². The number of aromatic nitrogens is 1. The minimum atomic E-state index is -2.44. The van der Waals surface area contributed by atoms with Crippen LogP contribution in [0.15, 0.2) is 48.7 Å². The normalized spacial score (nSPS) is 17.4. The molecule has 3 amide bonds. The van der Waals surface area contributed by atoms with E-state index in [1.54, 1.807) is 58.2 Å². The highest BCUT2D eigenvalue weighted by atomic mass is 28.3. The molecule has 1 aromatic heterocycles. The third-order valence-electron chi connectivity index (χ3n) is 7.76. The number of esters is 1. The molecule has 10 nitrogen and oxygen atoms in total. The summed E-state index contributed by atoms with van der Waals surface area (Å²) in [5.74, 6) is -1.27. The van der Waals surface area contributed by atoms with Crippen LogP contribution in [-0.4, -0.2) is 59.1 Å². The highest BCUT2D eigenvalue weighted by Gasteiger charge is 2.60. The number of imide groups is 1. The number of benzene rings is 1. The molecular formula is C33H47N3O7Si. The largest absolute Gasteiger partial charge is 0.459 e. The molecule has 1 aliphatic rings. The van der Waals surface area contributed by atoms with Gasteiger partial charge in [-0.3, -0.25) is 4.79 Å². The van der Waals surface area contributed by atoms with Gasteiger partial charge in [0.2, 0.25) is 5.91 Å². The van der Waals surface area contributed by atoms with Crippen LogP contribution in [0.5, 0.6) is 0 Å². The predicted octanol–water partition coefficient (Wildman–Crippen LogP) is 6.88. The number of pyridine rings is 1. The van der Waals surface area contributed by atoms with Crippen molar-refractivity contribution >= 4 is 38.1 Å². The van der Waals surface area contributed by atoms with Gasteiger partial charge in [0.25, 0.3) is 0 Å². The lowest BCUT2D eigenvalue weighted by Crippen LogP contribution is -2.75. The van der Waals surface area contributed by atoms with Crippen LogP contribution in [-0.2, 0) is 36.8 Å². The molecule has 1 fully saturated rings. The molecule has 2 aromatic rings. The SMILES string of the molecule is CC(C)(C)OC(=O)N(C(=O)OC(C)(C)C)c1cc(C[C@H]2C(=O)N([Si](C)(C)C(C)(C)C)[C@@H]2C(=O)OCc2ccccc2)ccn1. The van der Waals surface area contributed by atoms with Crippen molar-refractivity contribution < 1.29 is 33.4 Å². The summed E-state index contributed by atoms with van der Waals surface area (Å²) in [7, 11) is -2.44. The molecule has 1 aliphatic heterocycles. The number of rotatable bonds is 7. The van der Waals surface area contributed by atoms with Crippen LogP contribution in [0.1, 0.15) is 73.4 Å². The Morgan fingerprint density at radius 2 is 1.41 bits per heavy atom. The van der Waals surface area contributed by atoms with Gasteiger partial charge in [-0.2, -0.15) is 4.90 Å². The van der Waals surface area contributed by atoms with Gasteiger partial charge in [0.15, 0.2) is 8.24 Å². The molecule has 11 heteroatoms. The zero-order valence-corrected chi connectivity index (χ0v) is 28.9. The van der Waals surface area contributed by atoms with Crippen LogP contribution in [0.4, 0.5) is 15.4 Å². The number of β-lactam (4-membered cyclic amide) rings is 1. The summed E-state index contributed by atoms with van der Waals surface area (Å²) >= 11 is 0. The standard InChI is InChI=1S/C33H47N3O7Si/c1-31(2,3)42-29(39)35(30(40)43-32(4,5)6)25-20-23(17-18-34-25)19-24-26(28(38)41-21-22-15-13-12-14-16-22)36(27(24)37)44(10,11)33(7,8)9/h12-18,20,24,26H,19,21H2,1-11H3/t24-,26+/m1/s1. The molecule has 44 heavy (non-hydrogen) atoms. The van der Waals surface area contributed by atoms with E-state index < -0.39 is 49.6 Å². The molecule has 0 spiro atoms. The maximum atomic E-state index is 13.8. The maximum absolute atomic E-state index is 13.8. The lowest BCUT2D eigenvalue weighted by atomic mass is 9.85. The van der Waals surface area contributed by atoms with Gasteiger partial charge in [-0.15, -0.1) is 0 Å². The number of carbonyl (C=O) groups is 4. The number of anilines is 1. The van der Waals surface area contributed by atoms with E-state index in [1.165, 1.54) is 6.20 Å². The summed E-state index contributed by atoms with van der Waals surface area (Å²) in [5, 5.41) is -0.198. The lowest BCUT2D eigenvalue weighted by molar-refractivity contribution is -0.168. The number of hydrogen-bond acceptors (Lipinski definition) is 8. The highest BCUT2D eigenvalue weighted by molar-refractivity contribution is 6.80. The summed E-state index contributed by atoms with van der Waals surface area (Å²) < 4.78 is 18.5. The topological polar surface area (TPSA) is 115 Å². The van der Waals surface area contributed by atoms with Crippen molar-refractivity contribution in [1.29, 1.82) is 0 Å². The van der Waals surface area contributed by atoms with Crippen molar-refractivity contribution in [2.45, 2.75) is 111 Å². The van der Waals surface area contributed by atoms with Crippen molar-refractivity contribution in [2.75, 3.05) is 4.90 Å². The van der Waals surface area contributed by atoms with Crippen molar-refractivity contribution in [3.05, 3.63) is 59.8 Å². The van der Waals surface area contributed by atoms with Crippen molar-refractivity contribution in [3.63, 3.8) is 0 Å². The average Bonchev–Trinajstić information content (AvgIpc) is 2.86. The molecule has 0 N–H and O–H groups in total. The fraction of sp³-hybridized carbons (Fsp3) is 0.545. The van der Waals surface area contributed by atoms with Crippen LogP contribution in [0.3, 0.4) is 0 Å². The fourth-order valence-corrected chi connectivity index (χ4v) is 7.08. The van der Waals surface area contributed by atoms with Crippen molar-refractivity contribution in [3.8, 4) is 0 Å². The number of amides is 3. The molecular weight excluding hydrogens is 578 g/mol. The Balaban J connectivity index is 1.94. The highest BCUT2D eigenvalue weighted by Crippen LogP contribution is 2.46. The Hall–Kier alpha value is -3.73. The maximum Gasteiger partial charge on any atom is 0.425 e. The van der Waals surface area contributed by atoms with E-state index in [2.05, 4.69) is 38.8 Å². The number of nitrogens with zero attached hydrogens (tertiary/aromatic N) is 3. The van der Waals surface area contributed by atoms with E-state index in [-0.39, 0.29) is 29.8 Å². The molecule has 2 atom stereocenters. The summed E-state index contributed by atoms with van der Waals surface area (Å²) in [4.78, 5) is 58.7. The summed E-state index contributed by atoms with van der Waals surface area (Å²) in [6, 6.07) is 11.9. The molecule has 0 saturated carbocycles. The molecule has 2 heterocycles. The predicted molar refractivity (Wildman–Crippen MR) is 170 cm³/mol. The van der Waals surface area contributed by atoms with E-state index in [0.29, 0.717) is 5.56 Å². The van der Waals surface area contributed by atoms with Gasteiger partial charge < -0.3 is 18.8 Å². The van der Waals surface area contributed by atoms with Gasteiger partial charge in [0, 0.05) is 6.20 Å². The first-order valence-corrected chi connectivity index (χ1v) is 17.8. The molecule has 1 aromatic carbocycles. The van der Waals surface area contributed by atoms with Crippen molar-refractivity contribution in [2.24, 2.45) is 5.92 Å². The fourth-order valence-electron chi connectivity index (χ4n) is 4.66. The molecule has 3 rings (SSSR count). The number of ether oxygens (including phenoxy) is 3. The quantitative estimate of drug-likeness (QED) is 0.142. The second-order valence-electron chi connectivity index (χ2n) is 14.7. The van der Waals surface area contributed by atoms with E-state index in [9.17, 15) is 19.2 Å². The average molecular weight is 626 g/mol. The number of carbonyl (C=O) groups excluding carboxylic acids is 4. The van der Waals surface area contributed by atoms with Gasteiger partial charge in [0.05, 0.1) is 5.92 Å². The van der Waals surface area contributed by atoms with Gasteiger partial charge in [0.1, 0.15) is 29.7 Å². The first-order chi connectivity index (χ1) is 20.1. The zero-order valence-electron chi connectivity index (χ0n) is 27.9. The smallest absolute Gasteiger partial charge is 0.425 e. The van der Waals surface area contributed by atoms with Gasteiger partial charge in [-0.25, -0.2) is 19.4 Å². The van der Waals surface area contributed by atoms with E-state index in [1.807, 2.05) is 30.3 Å². The molecule has 1 saturated heterocycles. The second-order valence-corrected chi connectivity index (χ2v) is 19.8. The van der Waals surface area contributed by atoms with Crippen LogP contribution >= 0.6 is 0 Å². The first-order valence-electron chi connectivity index (χ1n) is 14.9. The summed E-state index contributed by atoms with van der Waals surface area (Å²) in [5.41, 5.74) is -0.298. The van der Waals surface area contributed by atoms with E-state index in [4.69, 9.17) is 14.2 Å². The minimum absolute atomic E-state index is 0.0118. The Morgan fingerprint density at radius 1 is 0.864 bits per heavy atom. The van der Waals surface area contributed by atoms with Crippen molar-refractivity contribution in [1.82, 2.24) is 9.55 Å². The van der Waals surface area contributed by atoms with Gasteiger partial charge in [-0.1, -0.05) is 64.2 Å². The summed E-state index contributed by atoms with van der Waals surface area (Å²) in [6.45, 7) is 20.7. The van der Waals surface area contributed by atoms with E-state index >= 15 is 0 Å². The molecule has 0 radical (unpaired) electrons. The Morgan fingerprint density at radius 3 is 1.91 bits per heavy atom. The van der Waals surface area contributed by atoms with Crippen LogP contribution in [0.2, 0.25) is 18.1 Å². The molecule has 0 aliphatic carbocycles. The number of hydrogen-bond donors (Lipinski definition) is 0. The first kappa shape index (κ1) is 34.8. The van der Waals surface area contributed by atoms with Crippen LogP contribution in [0, 0.1) is 5.92 Å². The van der Waals surface area contributed by atoms with E-state index in [0.717, 1.165) is 10.5 Å². The molecule has 0 bridgehead atoms. The molecule has 0 unspecified atom stereocenters. The van der Waals surface area contributed by atoms with Gasteiger partial charge in [-0.05, 0) is 76.3 Å². The summed E-state index contributed by atoms with van der Waals surface area (Å²) in [6.07, 6.45) is -0.254. The van der Waals surface area contributed by atoms with Crippen LogP contribution < -0.4 is 4.90 Å². The lowest BCUT2D eigenvalue weighted by Gasteiger charge is -2.57. The Labute approximate surface area is 262 Å². The minimum Gasteiger partial charge on any atom is -0.459 e. The third-order valence-corrected chi connectivity index (χ3v) is 13.1. The zero-order chi connectivity index (χ0) is 33.3. The van der Waals surface area contributed by atoms with Gasteiger partial charge >= 0.3 is 18.2 Å². The third kappa shape index (κ3) is 8.25. The Kier molecular flexibility index (Phi) is 10.0.